The van der Waals surface area contributed by atoms with Gasteiger partial charge in [0.2, 0.25) is 0 Å². The van der Waals surface area contributed by atoms with E-state index in [0.29, 0.717) is 11.4 Å². The summed E-state index contributed by atoms with van der Waals surface area (Å²) in [6.07, 6.45) is 0. The van der Waals surface area contributed by atoms with Crippen LogP contribution in [0.2, 0.25) is 0 Å². The summed E-state index contributed by atoms with van der Waals surface area (Å²) >= 11 is 0. The standard InChI is InChI=1S/C20H18N2O6S/c1-12-4-2-3-5-16(12)22-29(27,28)15-8-6-14(7-9-15)21-20(26)13-10-17(23)19(25)18(24)11-13/h2-11,22-25H,1H3,(H,21,26). The Morgan fingerprint density at radius 1 is 0.897 bits per heavy atom. The molecule has 0 fully saturated rings. The minimum atomic E-state index is -3.81. The van der Waals surface area contributed by atoms with E-state index in [1.165, 1.54) is 24.3 Å². The first kappa shape index (κ1) is 20.0. The average molecular weight is 414 g/mol. The highest BCUT2D eigenvalue weighted by Crippen LogP contribution is 2.35. The van der Waals surface area contributed by atoms with Crippen LogP contribution in [-0.2, 0) is 10.0 Å². The minimum Gasteiger partial charge on any atom is -0.504 e. The molecule has 0 saturated carbocycles. The van der Waals surface area contributed by atoms with Crippen molar-refractivity contribution in [3.63, 3.8) is 0 Å². The minimum absolute atomic E-state index is 0.0127. The van der Waals surface area contributed by atoms with Crippen LogP contribution >= 0.6 is 0 Å². The Morgan fingerprint density at radius 3 is 2.07 bits per heavy atom. The van der Waals surface area contributed by atoms with E-state index in [9.17, 15) is 28.5 Å². The summed E-state index contributed by atoms with van der Waals surface area (Å²) < 4.78 is 27.6. The van der Waals surface area contributed by atoms with Crippen LogP contribution in [-0.4, -0.2) is 29.6 Å². The van der Waals surface area contributed by atoms with E-state index in [1.807, 2.05) is 0 Å². The quantitative estimate of drug-likeness (QED) is 0.407. The number of carbonyl (C=O) groups is 1. The van der Waals surface area contributed by atoms with Gasteiger partial charge in [0.05, 0.1) is 10.6 Å². The molecule has 5 N–H and O–H groups in total. The van der Waals surface area contributed by atoms with E-state index >= 15 is 0 Å². The molecule has 0 bridgehead atoms. The molecule has 0 aliphatic rings. The molecule has 0 saturated heterocycles. The van der Waals surface area contributed by atoms with Crippen molar-refractivity contribution in [2.45, 2.75) is 11.8 Å². The Labute approximate surface area is 167 Å². The lowest BCUT2D eigenvalue weighted by Gasteiger charge is -2.11. The molecular formula is C20H18N2O6S. The maximum absolute atomic E-state index is 12.5. The van der Waals surface area contributed by atoms with Crippen LogP contribution in [0, 0.1) is 6.92 Å². The number of anilines is 2. The molecule has 0 aromatic heterocycles. The molecule has 1 amide bonds. The van der Waals surface area contributed by atoms with Crippen molar-refractivity contribution in [1.82, 2.24) is 0 Å². The van der Waals surface area contributed by atoms with E-state index in [2.05, 4.69) is 10.0 Å². The number of benzene rings is 3. The number of nitrogens with one attached hydrogen (secondary N) is 2. The second-order valence-corrected chi connectivity index (χ2v) is 7.94. The van der Waals surface area contributed by atoms with E-state index in [0.717, 1.165) is 17.7 Å². The fourth-order valence-electron chi connectivity index (χ4n) is 2.55. The van der Waals surface area contributed by atoms with Crippen LogP contribution in [0.1, 0.15) is 15.9 Å². The van der Waals surface area contributed by atoms with Crippen molar-refractivity contribution in [2.75, 3.05) is 10.0 Å². The number of aryl methyl sites for hydroxylation is 1. The SMILES string of the molecule is Cc1ccccc1NS(=O)(=O)c1ccc(NC(=O)c2cc(O)c(O)c(O)c2)cc1. The number of hydrogen-bond acceptors (Lipinski definition) is 6. The number of carbonyl (C=O) groups excluding carboxylic acids is 1. The van der Waals surface area contributed by atoms with Gasteiger partial charge >= 0.3 is 0 Å². The number of amides is 1. The Bertz CT molecular complexity index is 1150. The molecule has 3 aromatic carbocycles. The Balaban J connectivity index is 1.76. The lowest BCUT2D eigenvalue weighted by molar-refractivity contribution is 0.102. The third-order valence-corrected chi connectivity index (χ3v) is 5.53. The van der Waals surface area contributed by atoms with Gasteiger partial charge in [-0.25, -0.2) is 8.42 Å². The molecule has 0 radical (unpaired) electrons. The van der Waals surface area contributed by atoms with Gasteiger partial charge in [-0.3, -0.25) is 9.52 Å². The monoisotopic (exact) mass is 414 g/mol. The van der Waals surface area contributed by atoms with Crippen LogP contribution in [0.5, 0.6) is 17.2 Å². The van der Waals surface area contributed by atoms with Crippen LogP contribution in [0.25, 0.3) is 0 Å². The Hall–Kier alpha value is -3.72. The second kappa shape index (κ2) is 7.72. The van der Waals surface area contributed by atoms with Crippen molar-refractivity contribution in [3.05, 3.63) is 71.8 Å². The number of sulfonamides is 1. The summed E-state index contributed by atoms with van der Waals surface area (Å²) in [4.78, 5) is 12.3. The third kappa shape index (κ3) is 4.41. The van der Waals surface area contributed by atoms with Gasteiger partial charge in [-0.05, 0) is 55.0 Å². The summed E-state index contributed by atoms with van der Waals surface area (Å²) in [7, 11) is -3.81. The summed E-state index contributed by atoms with van der Waals surface area (Å²) in [5.74, 6) is -2.67. The zero-order chi connectivity index (χ0) is 21.2. The first-order chi connectivity index (χ1) is 13.7. The average Bonchev–Trinajstić information content (AvgIpc) is 2.68. The van der Waals surface area contributed by atoms with E-state index in [1.54, 1.807) is 31.2 Å². The molecule has 0 unspecified atom stereocenters. The lowest BCUT2D eigenvalue weighted by Crippen LogP contribution is -2.14. The number of hydrogen-bond donors (Lipinski definition) is 5. The summed E-state index contributed by atoms with van der Waals surface area (Å²) in [6.45, 7) is 1.79. The molecule has 0 spiro atoms. The molecule has 3 aromatic rings. The summed E-state index contributed by atoms with van der Waals surface area (Å²) in [6, 6.07) is 14.4. The van der Waals surface area contributed by atoms with Gasteiger partial charge in [0.25, 0.3) is 15.9 Å². The topological polar surface area (TPSA) is 136 Å². The van der Waals surface area contributed by atoms with Gasteiger partial charge in [0.1, 0.15) is 0 Å². The first-order valence-electron chi connectivity index (χ1n) is 8.42. The molecule has 0 aliphatic heterocycles. The Kier molecular flexibility index (Phi) is 5.33. The smallest absolute Gasteiger partial charge is 0.261 e. The number of phenols is 3. The van der Waals surface area contributed by atoms with Gasteiger partial charge in [0, 0.05) is 11.3 Å². The molecule has 150 valence electrons. The molecule has 3 rings (SSSR count). The van der Waals surface area contributed by atoms with Crippen LogP contribution in [0.15, 0.2) is 65.6 Å². The maximum atomic E-state index is 12.5. The van der Waals surface area contributed by atoms with Crippen LogP contribution in [0.3, 0.4) is 0 Å². The molecule has 0 atom stereocenters. The van der Waals surface area contributed by atoms with Crippen LogP contribution < -0.4 is 10.0 Å². The first-order valence-corrected chi connectivity index (χ1v) is 9.90. The fraction of sp³-hybridized carbons (Fsp3) is 0.0500. The van der Waals surface area contributed by atoms with Crippen molar-refractivity contribution in [3.8, 4) is 17.2 Å². The van der Waals surface area contributed by atoms with Crippen molar-refractivity contribution < 1.29 is 28.5 Å². The molecular weight excluding hydrogens is 396 g/mol. The third-order valence-electron chi connectivity index (χ3n) is 4.14. The maximum Gasteiger partial charge on any atom is 0.261 e. The highest BCUT2D eigenvalue weighted by molar-refractivity contribution is 7.92. The zero-order valence-electron chi connectivity index (χ0n) is 15.2. The molecule has 29 heavy (non-hydrogen) atoms. The Morgan fingerprint density at radius 2 is 1.48 bits per heavy atom. The van der Waals surface area contributed by atoms with Crippen LogP contribution in [0.4, 0.5) is 11.4 Å². The van der Waals surface area contributed by atoms with Gasteiger partial charge < -0.3 is 20.6 Å². The predicted molar refractivity (Wildman–Crippen MR) is 108 cm³/mol. The predicted octanol–water partition coefficient (Wildman–Crippen LogP) is 3.16. The molecule has 0 heterocycles. The van der Waals surface area contributed by atoms with E-state index < -0.39 is 33.2 Å². The van der Waals surface area contributed by atoms with Crippen molar-refractivity contribution in [2.24, 2.45) is 0 Å². The summed E-state index contributed by atoms with van der Waals surface area (Å²) in [5.41, 5.74) is 1.46. The number of phenolic OH excluding ortho intramolecular Hbond substituents is 3. The van der Waals surface area contributed by atoms with Crippen molar-refractivity contribution in [1.29, 1.82) is 0 Å². The normalized spacial score (nSPS) is 11.1. The molecule has 9 heteroatoms. The second-order valence-electron chi connectivity index (χ2n) is 6.26. The largest absolute Gasteiger partial charge is 0.504 e. The number of rotatable bonds is 5. The van der Waals surface area contributed by atoms with Gasteiger partial charge in [-0.15, -0.1) is 0 Å². The highest BCUT2D eigenvalue weighted by atomic mass is 32.2. The summed E-state index contributed by atoms with van der Waals surface area (Å²) in [5, 5.41) is 30.8. The fourth-order valence-corrected chi connectivity index (χ4v) is 3.68. The van der Waals surface area contributed by atoms with Gasteiger partial charge in [-0.1, -0.05) is 18.2 Å². The number of aromatic hydroxyl groups is 3. The lowest BCUT2D eigenvalue weighted by atomic mass is 10.1. The highest BCUT2D eigenvalue weighted by Gasteiger charge is 2.16. The number of para-hydroxylation sites is 1. The molecule has 0 aliphatic carbocycles. The van der Waals surface area contributed by atoms with Gasteiger partial charge in [-0.2, -0.15) is 0 Å². The van der Waals surface area contributed by atoms with Crippen molar-refractivity contribution >= 4 is 27.3 Å². The molecule has 8 nitrogen and oxygen atoms in total. The zero-order valence-corrected chi connectivity index (χ0v) is 16.1. The van der Waals surface area contributed by atoms with Gasteiger partial charge in [0.15, 0.2) is 17.2 Å². The van der Waals surface area contributed by atoms with E-state index in [4.69, 9.17) is 0 Å². The van der Waals surface area contributed by atoms with E-state index in [-0.39, 0.29) is 10.5 Å².